The zero-order chi connectivity index (χ0) is 19.6. The molecular formula is C22H22O6. The van der Waals surface area contributed by atoms with E-state index in [1.54, 1.807) is 36.4 Å². The van der Waals surface area contributed by atoms with Gasteiger partial charge in [-0.1, -0.05) is 12.5 Å². The summed E-state index contributed by atoms with van der Waals surface area (Å²) < 4.78 is 17.4. The van der Waals surface area contributed by atoms with Gasteiger partial charge < -0.3 is 24.4 Å². The predicted octanol–water partition coefficient (Wildman–Crippen LogP) is 3.93. The van der Waals surface area contributed by atoms with Gasteiger partial charge in [0.05, 0.1) is 6.61 Å². The average Bonchev–Trinajstić information content (AvgIpc) is 3.04. The van der Waals surface area contributed by atoms with E-state index < -0.39 is 11.8 Å². The normalized spacial score (nSPS) is 17.2. The smallest absolute Gasteiger partial charge is 0.336 e. The SMILES string of the molecule is O=C(C=Cc1ccc(O)c(CO)c1)Oc1ccc2c(c1)OC1(CCCCC1)O2. The number of benzene rings is 2. The van der Waals surface area contributed by atoms with Crippen LogP contribution in [0.15, 0.2) is 42.5 Å². The van der Waals surface area contributed by atoms with Gasteiger partial charge in [-0.25, -0.2) is 4.79 Å². The number of fused-ring (bicyclic) bond motifs is 1. The van der Waals surface area contributed by atoms with Gasteiger partial charge in [-0.3, -0.25) is 0 Å². The van der Waals surface area contributed by atoms with Crippen LogP contribution < -0.4 is 14.2 Å². The first kappa shape index (κ1) is 18.4. The molecule has 0 atom stereocenters. The van der Waals surface area contributed by atoms with Crippen molar-refractivity contribution < 1.29 is 29.2 Å². The van der Waals surface area contributed by atoms with Crippen LogP contribution in [0.5, 0.6) is 23.0 Å². The Bertz CT molecular complexity index is 911. The van der Waals surface area contributed by atoms with E-state index in [4.69, 9.17) is 14.2 Å². The van der Waals surface area contributed by atoms with Crippen LogP contribution in [0.2, 0.25) is 0 Å². The van der Waals surface area contributed by atoms with Crippen LogP contribution in [-0.2, 0) is 11.4 Å². The van der Waals surface area contributed by atoms with Crippen molar-refractivity contribution in [2.75, 3.05) is 0 Å². The van der Waals surface area contributed by atoms with Crippen molar-refractivity contribution in [2.45, 2.75) is 44.5 Å². The van der Waals surface area contributed by atoms with Crippen molar-refractivity contribution in [3.05, 3.63) is 53.6 Å². The summed E-state index contributed by atoms with van der Waals surface area (Å²) in [6.45, 7) is -0.281. The third-order valence-corrected chi connectivity index (χ3v) is 5.03. The summed E-state index contributed by atoms with van der Waals surface area (Å²) in [6, 6.07) is 9.83. The van der Waals surface area contributed by atoms with E-state index in [9.17, 15) is 15.0 Å². The van der Waals surface area contributed by atoms with Crippen LogP contribution in [0.3, 0.4) is 0 Å². The third-order valence-electron chi connectivity index (χ3n) is 5.03. The summed E-state index contributed by atoms with van der Waals surface area (Å²) in [4.78, 5) is 12.1. The predicted molar refractivity (Wildman–Crippen MR) is 102 cm³/mol. The van der Waals surface area contributed by atoms with Gasteiger partial charge in [0, 0.05) is 30.5 Å². The highest BCUT2D eigenvalue weighted by Gasteiger charge is 2.42. The maximum absolute atomic E-state index is 12.1. The summed E-state index contributed by atoms with van der Waals surface area (Å²) in [6.07, 6.45) is 7.93. The van der Waals surface area contributed by atoms with Crippen LogP contribution in [0, 0.1) is 0 Å². The van der Waals surface area contributed by atoms with Gasteiger partial charge in [-0.05, 0) is 48.7 Å². The molecular weight excluding hydrogens is 360 g/mol. The summed E-state index contributed by atoms with van der Waals surface area (Å²) >= 11 is 0. The molecule has 1 aliphatic carbocycles. The highest BCUT2D eigenvalue weighted by molar-refractivity contribution is 5.88. The monoisotopic (exact) mass is 382 g/mol. The number of hydrogen-bond acceptors (Lipinski definition) is 6. The first-order chi connectivity index (χ1) is 13.6. The molecule has 6 nitrogen and oxygen atoms in total. The Kier molecular flexibility index (Phi) is 4.96. The molecule has 6 heteroatoms. The number of carbonyl (C=O) groups is 1. The third kappa shape index (κ3) is 3.82. The van der Waals surface area contributed by atoms with Crippen LogP contribution in [-0.4, -0.2) is 22.0 Å². The molecule has 146 valence electrons. The Morgan fingerprint density at radius 1 is 1.07 bits per heavy atom. The molecule has 2 N–H and O–H groups in total. The lowest BCUT2D eigenvalue weighted by atomic mass is 9.94. The minimum Gasteiger partial charge on any atom is -0.508 e. The van der Waals surface area contributed by atoms with Gasteiger partial charge in [-0.15, -0.1) is 0 Å². The minimum absolute atomic E-state index is 0.0123. The second kappa shape index (κ2) is 7.56. The summed E-state index contributed by atoms with van der Waals surface area (Å²) in [7, 11) is 0. The number of hydrogen-bond donors (Lipinski definition) is 2. The molecule has 0 unspecified atom stereocenters. The van der Waals surface area contributed by atoms with E-state index in [-0.39, 0.29) is 12.4 Å². The number of rotatable bonds is 4. The van der Waals surface area contributed by atoms with E-state index in [1.807, 2.05) is 0 Å². The van der Waals surface area contributed by atoms with Crippen molar-refractivity contribution >= 4 is 12.0 Å². The van der Waals surface area contributed by atoms with E-state index in [2.05, 4.69) is 0 Å². The fraction of sp³-hybridized carbons (Fsp3) is 0.318. The molecule has 0 saturated heterocycles. The van der Waals surface area contributed by atoms with E-state index in [1.165, 1.54) is 18.6 Å². The Morgan fingerprint density at radius 3 is 2.64 bits per heavy atom. The molecule has 2 aliphatic rings. The fourth-order valence-electron chi connectivity index (χ4n) is 3.58. The standard InChI is InChI=1S/C22H22O6/c23-14-16-12-15(4-7-18(16)24)5-9-21(25)26-17-6-8-19-20(13-17)28-22(27-19)10-2-1-3-11-22/h4-9,12-13,23-24H,1-3,10-11,14H2. The van der Waals surface area contributed by atoms with E-state index in [0.717, 1.165) is 25.7 Å². The summed E-state index contributed by atoms with van der Waals surface area (Å²) in [5.74, 6) is 0.571. The van der Waals surface area contributed by atoms with Crippen molar-refractivity contribution in [3.8, 4) is 23.0 Å². The molecule has 1 spiro atoms. The van der Waals surface area contributed by atoms with Crippen LogP contribution in [0.4, 0.5) is 0 Å². The molecule has 0 amide bonds. The zero-order valence-corrected chi connectivity index (χ0v) is 15.4. The van der Waals surface area contributed by atoms with Crippen molar-refractivity contribution in [2.24, 2.45) is 0 Å². The van der Waals surface area contributed by atoms with Gasteiger partial charge in [-0.2, -0.15) is 0 Å². The maximum Gasteiger partial charge on any atom is 0.336 e. The number of aliphatic hydroxyl groups excluding tert-OH is 1. The van der Waals surface area contributed by atoms with Gasteiger partial charge in [0.2, 0.25) is 0 Å². The van der Waals surface area contributed by atoms with Crippen molar-refractivity contribution in [1.29, 1.82) is 0 Å². The van der Waals surface area contributed by atoms with E-state index in [0.29, 0.717) is 28.4 Å². The molecule has 1 fully saturated rings. The minimum atomic E-state index is -0.563. The molecule has 1 heterocycles. The molecule has 4 rings (SSSR count). The summed E-state index contributed by atoms with van der Waals surface area (Å²) in [5, 5.41) is 18.8. The second-order valence-corrected chi connectivity index (χ2v) is 7.08. The number of aliphatic hydroxyl groups is 1. The average molecular weight is 382 g/mol. The topological polar surface area (TPSA) is 85.2 Å². The first-order valence-electron chi connectivity index (χ1n) is 9.42. The van der Waals surface area contributed by atoms with Gasteiger partial charge in [0.15, 0.2) is 11.5 Å². The lowest BCUT2D eigenvalue weighted by molar-refractivity contribution is -0.128. The lowest BCUT2D eigenvalue weighted by Gasteiger charge is -2.31. The molecule has 0 aromatic heterocycles. The fourth-order valence-corrected chi connectivity index (χ4v) is 3.58. The van der Waals surface area contributed by atoms with Crippen molar-refractivity contribution in [1.82, 2.24) is 0 Å². The van der Waals surface area contributed by atoms with Gasteiger partial charge >= 0.3 is 5.97 Å². The Labute approximate surface area is 163 Å². The molecule has 28 heavy (non-hydrogen) atoms. The van der Waals surface area contributed by atoms with E-state index >= 15 is 0 Å². The highest BCUT2D eigenvalue weighted by Crippen LogP contribution is 2.46. The molecule has 0 bridgehead atoms. The zero-order valence-electron chi connectivity index (χ0n) is 15.4. The second-order valence-electron chi connectivity index (χ2n) is 7.08. The Morgan fingerprint density at radius 2 is 1.86 bits per heavy atom. The lowest BCUT2D eigenvalue weighted by Crippen LogP contribution is -2.40. The maximum atomic E-state index is 12.1. The quantitative estimate of drug-likeness (QED) is 0.473. The number of ether oxygens (including phenoxy) is 3. The molecule has 2 aromatic carbocycles. The molecule has 0 radical (unpaired) electrons. The Hall–Kier alpha value is -2.99. The summed E-state index contributed by atoms with van der Waals surface area (Å²) in [5.41, 5.74) is 1.06. The van der Waals surface area contributed by atoms with Crippen molar-refractivity contribution in [3.63, 3.8) is 0 Å². The van der Waals surface area contributed by atoms with Crippen LogP contribution in [0.25, 0.3) is 6.08 Å². The van der Waals surface area contributed by atoms with Gasteiger partial charge in [0.25, 0.3) is 5.79 Å². The number of phenols is 1. The van der Waals surface area contributed by atoms with Gasteiger partial charge in [0.1, 0.15) is 11.5 Å². The number of aromatic hydroxyl groups is 1. The molecule has 1 saturated carbocycles. The largest absolute Gasteiger partial charge is 0.508 e. The number of carbonyl (C=O) groups excluding carboxylic acids is 1. The Balaban J connectivity index is 1.41. The molecule has 1 aliphatic heterocycles. The van der Waals surface area contributed by atoms with Crippen LogP contribution in [0.1, 0.15) is 43.2 Å². The van der Waals surface area contributed by atoms with Crippen LogP contribution >= 0.6 is 0 Å². The number of esters is 1. The highest BCUT2D eigenvalue weighted by atomic mass is 16.7. The first-order valence-corrected chi connectivity index (χ1v) is 9.42. The molecule has 2 aromatic rings.